The van der Waals surface area contributed by atoms with Crippen molar-refractivity contribution in [3.05, 3.63) is 77.7 Å². The summed E-state index contributed by atoms with van der Waals surface area (Å²) < 4.78 is 0. The summed E-state index contributed by atoms with van der Waals surface area (Å²) in [5, 5.41) is 6.10. The number of aromatic nitrogens is 2. The smallest absolute Gasteiger partial charge is 0.221 e. The van der Waals surface area contributed by atoms with E-state index < -0.39 is 0 Å². The number of nitrogens with one attached hydrogen (secondary N) is 2. The summed E-state index contributed by atoms with van der Waals surface area (Å²) in [5.74, 6) is 1.43. The highest BCUT2D eigenvalue weighted by Crippen LogP contribution is 2.22. The van der Waals surface area contributed by atoms with Gasteiger partial charge in [0.25, 0.3) is 0 Å². The molecule has 5 nitrogen and oxygen atoms in total. The molecule has 126 valence electrons. The van der Waals surface area contributed by atoms with Gasteiger partial charge in [0.1, 0.15) is 11.6 Å². The Bertz CT molecular complexity index is 878. The minimum Gasteiger partial charge on any atom is -0.340 e. The molecule has 0 fully saturated rings. The van der Waals surface area contributed by atoms with Crippen LogP contribution in [0, 0.1) is 6.92 Å². The monoisotopic (exact) mass is 332 g/mol. The largest absolute Gasteiger partial charge is 0.340 e. The fourth-order valence-electron chi connectivity index (χ4n) is 2.55. The second kappa shape index (κ2) is 7.57. The topological polar surface area (TPSA) is 66.9 Å². The fourth-order valence-corrected chi connectivity index (χ4v) is 2.55. The van der Waals surface area contributed by atoms with E-state index in [2.05, 4.69) is 32.7 Å². The zero-order chi connectivity index (χ0) is 17.6. The predicted molar refractivity (Wildman–Crippen MR) is 100 cm³/mol. The van der Waals surface area contributed by atoms with Gasteiger partial charge in [-0.05, 0) is 42.3 Å². The molecule has 5 heteroatoms. The van der Waals surface area contributed by atoms with Crippen molar-refractivity contribution >= 4 is 23.1 Å². The number of nitrogens with zero attached hydrogens (tertiary/aromatic N) is 2. The molecule has 1 aromatic heterocycles. The van der Waals surface area contributed by atoms with Crippen LogP contribution in [0.5, 0.6) is 0 Å². The van der Waals surface area contributed by atoms with Crippen molar-refractivity contribution in [2.45, 2.75) is 20.3 Å². The van der Waals surface area contributed by atoms with Gasteiger partial charge < -0.3 is 10.6 Å². The molecule has 3 aromatic rings. The minimum absolute atomic E-state index is 0.0786. The quantitative estimate of drug-likeness (QED) is 0.739. The third-order valence-corrected chi connectivity index (χ3v) is 3.72. The molecule has 0 aliphatic carbocycles. The van der Waals surface area contributed by atoms with Gasteiger partial charge in [0.15, 0.2) is 0 Å². The number of aryl methyl sites for hydroxylation is 1. The number of hydrogen-bond acceptors (Lipinski definition) is 4. The summed E-state index contributed by atoms with van der Waals surface area (Å²) in [7, 11) is 0. The maximum absolute atomic E-state index is 11.2. The minimum atomic E-state index is -0.0786. The van der Waals surface area contributed by atoms with E-state index in [1.807, 2.05) is 49.4 Å². The van der Waals surface area contributed by atoms with Crippen molar-refractivity contribution in [1.29, 1.82) is 0 Å². The highest BCUT2D eigenvalue weighted by molar-refractivity contribution is 5.89. The van der Waals surface area contributed by atoms with Crippen LogP contribution in [-0.2, 0) is 11.2 Å². The molecule has 25 heavy (non-hydrogen) atoms. The van der Waals surface area contributed by atoms with E-state index in [9.17, 15) is 4.79 Å². The standard InChI is InChI=1S/C20H20N4O/c1-14-12-17(8-9-18(14)22-15(2)25)23-19-10-11-21-20(24-19)13-16-6-4-3-5-7-16/h3-12H,13H2,1-2H3,(H,22,25)(H,21,23,24). The lowest BCUT2D eigenvalue weighted by Crippen LogP contribution is -2.07. The maximum atomic E-state index is 11.2. The molecule has 1 amide bonds. The summed E-state index contributed by atoms with van der Waals surface area (Å²) in [5.41, 5.74) is 3.88. The molecule has 2 N–H and O–H groups in total. The fraction of sp³-hybridized carbons (Fsp3) is 0.150. The Labute approximate surface area is 147 Å². The highest BCUT2D eigenvalue weighted by Gasteiger charge is 2.04. The van der Waals surface area contributed by atoms with Gasteiger partial charge in [0.2, 0.25) is 5.91 Å². The molecule has 0 saturated carbocycles. The van der Waals surface area contributed by atoms with Crippen LogP contribution in [0.15, 0.2) is 60.8 Å². The first kappa shape index (κ1) is 16.6. The first-order valence-electron chi connectivity index (χ1n) is 8.11. The zero-order valence-corrected chi connectivity index (χ0v) is 14.3. The summed E-state index contributed by atoms with van der Waals surface area (Å²) >= 11 is 0. The number of rotatable bonds is 5. The summed E-state index contributed by atoms with van der Waals surface area (Å²) in [6.45, 7) is 3.46. The Morgan fingerprint density at radius 2 is 1.88 bits per heavy atom. The van der Waals surface area contributed by atoms with Crippen molar-refractivity contribution in [2.24, 2.45) is 0 Å². The van der Waals surface area contributed by atoms with Crippen LogP contribution in [0.25, 0.3) is 0 Å². The van der Waals surface area contributed by atoms with E-state index in [1.54, 1.807) is 6.20 Å². The van der Waals surface area contributed by atoms with E-state index in [-0.39, 0.29) is 5.91 Å². The van der Waals surface area contributed by atoms with Gasteiger partial charge in [0.05, 0.1) is 0 Å². The van der Waals surface area contributed by atoms with E-state index in [4.69, 9.17) is 0 Å². The summed E-state index contributed by atoms with van der Waals surface area (Å²) in [4.78, 5) is 20.1. The number of benzene rings is 2. The van der Waals surface area contributed by atoms with Crippen molar-refractivity contribution in [3.63, 3.8) is 0 Å². The maximum Gasteiger partial charge on any atom is 0.221 e. The first-order chi connectivity index (χ1) is 12.1. The molecule has 0 aliphatic heterocycles. The van der Waals surface area contributed by atoms with Gasteiger partial charge in [-0.15, -0.1) is 0 Å². The Hall–Kier alpha value is -3.21. The summed E-state index contributed by atoms with van der Waals surface area (Å²) in [6.07, 6.45) is 2.45. The van der Waals surface area contributed by atoms with Crippen LogP contribution >= 0.6 is 0 Å². The molecule has 0 atom stereocenters. The Morgan fingerprint density at radius 1 is 1.08 bits per heavy atom. The lowest BCUT2D eigenvalue weighted by molar-refractivity contribution is -0.114. The van der Waals surface area contributed by atoms with E-state index >= 15 is 0 Å². The zero-order valence-electron chi connectivity index (χ0n) is 14.3. The lowest BCUT2D eigenvalue weighted by atomic mass is 10.1. The van der Waals surface area contributed by atoms with Gasteiger partial charge in [-0.2, -0.15) is 0 Å². The molecule has 0 unspecified atom stereocenters. The van der Waals surface area contributed by atoms with Crippen LogP contribution in [0.2, 0.25) is 0 Å². The number of carbonyl (C=O) groups is 1. The van der Waals surface area contributed by atoms with Crippen LogP contribution in [0.1, 0.15) is 23.9 Å². The number of hydrogen-bond donors (Lipinski definition) is 2. The second-order valence-corrected chi connectivity index (χ2v) is 5.86. The van der Waals surface area contributed by atoms with Crippen LogP contribution in [-0.4, -0.2) is 15.9 Å². The Balaban J connectivity index is 1.74. The molecule has 2 aromatic carbocycles. The Morgan fingerprint density at radius 3 is 2.60 bits per heavy atom. The second-order valence-electron chi connectivity index (χ2n) is 5.86. The molecule has 0 spiro atoms. The van der Waals surface area contributed by atoms with E-state index in [1.165, 1.54) is 12.5 Å². The van der Waals surface area contributed by atoms with Gasteiger partial charge in [0, 0.05) is 30.9 Å². The van der Waals surface area contributed by atoms with E-state index in [0.29, 0.717) is 6.42 Å². The lowest BCUT2D eigenvalue weighted by Gasteiger charge is -2.11. The SMILES string of the molecule is CC(=O)Nc1ccc(Nc2ccnc(Cc3ccccc3)n2)cc1C. The average Bonchev–Trinajstić information content (AvgIpc) is 2.58. The number of amides is 1. The average molecular weight is 332 g/mol. The predicted octanol–water partition coefficient (Wildman–Crippen LogP) is 4.08. The van der Waals surface area contributed by atoms with Crippen molar-refractivity contribution in [3.8, 4) is 0 Å². The van der Waals surface area contributed by atoms with Crippen LogP contribution in [0.4, 0.5) is 17.2 Å². The van der Waals surface area contributed by atoms with Gasteiger partial charge in [-0.25, -0.2) is 9.97 Å². The molecule has 1 heterocycles. The van der Waals surface area contributed by atoms with Crippen molar-refractivity contribution in [1.82, 2.24) is 9.97 Å². The van der Waals surface area contributed by atoms with E-state index in [0.717, 1.165) is 28.6 Å². The van der Waals surface area contributed by atoms with Crippen LogP contribution in [0.3, 0.4) is 0 Å². The third kappa shape index (κ3) is 4.64. The number of carbonyl (C=O) groups excluding carboxylic acids is 1. The summed E-state index contributed by atoms with van der Waals surface area (Å²) in [6, 6.07) is 17.8. The van der Waals surface area contributed by atoms with Gasteiger partial charge in [-0.1, -0.05) is 30.3 Å². The Kier molecular flexibility index (Phi) is 5.04. The van der Waals surface area contributed by atoms with Gasteiger partial charge in [-0.3, -0.25) is 4.79 Å². The third-order valence-electron chi connectivity index (χ3n) is 3.72. The highest BCUT2D eigenvalue weighted by atomic mass is 16.1. The molecule has 0 radical (unpaired) electrons. The van der Waals surface area contributed by atoms with Gasteiger partial charge >= 0.3 is 0 Å². The molecular formula is C20H20N4O. The normalized spacial score (nSPS) is 10.3. The number of anilines is 3. The molecule has 0 saturated heterocycles. The molecule has 0 bridgehead atoms. The molecule has 3 rings (SSSR count). The molecule has 0 aliphatic rings. The molecular weight excluding hydrogens is 312 g/mol. The van der Waals surface area contributed by atoms with Crippen LogP contribution < -0.4 is 10.6 Å². The van der Waals surface area contributed by atoms with Crippen molar-refractivity contribution in [2.75, 3.05) is 10.6 Å². The van der Waals surface area contributed by atoms with Crippen molar-refractivity contribution < 1.29 is 4.79 Å². The first-order valence-corrected chi connectivity index (χ1v) is 8.11.